The second kappa shape index (κ2) is 14.3. The van der Waals surface area contributed by atoms with Crippen LogP contribution >= 0.6 is 0 Å². The Balaban J connectivity index is 0. The van der Waals surface area contributed by atoms with Crippen LogP contribution in [0.25, 0.3) is 0 Å². The van der Waals surface area contributed by atoms with Crippen molar-refractivity contribution in [3.8, 4) is 0 Å². The van der Waals surface area contributed by atoms with E-state index in [2.05, 4.69) is 30.4 Å². The van der Waals surface area contributed by atoms with Crippen LogP contribution in [0, 0.1) is 0 Å². The Hall–Kier alpha value is 0.159. The van der Waals surface area contributed by atoms with Crippen LogP contribution in [0.1, 0.15) is 25.7 Å². The average Bonchev–Trinajstić information content (AvgIpc) is 2.56. The summed E-state index contributed by atoms with van der Waals surface area (Å²) < 4.78 is 0. The molecular weight excluding hydrogens is 450 g/mol. The minimum atomic E-state index is 0. The van der Waals surface area contributed by atoms with Crippen molar-refractivity contribution < 1.29 is 59.0 Å². The van der Waals surface area contributed by atoms with Crippen molar-refractivity contribution >= 4 is 11.9 Å². The summed E-state index contributed by atoms with van der Waals surface area (Å²) in [6.45, 7) is 9.04. The zero-order valence-electron chi connectivity index (χ0n) is 13.6. The molecule has 4 heterocycles. The molecule has 2 saturated heterocycles. The molecule has 0 aromatic heterocycles. The van der Waals surface area contributed by atoms with E-state index in [0.717, 1.165) is 38.1 Å². The van der Waals surface area contributed by atoms with Crippen LogP contribution in [0.15, 0.2) is 9.98 Å². The minimum absolute atomic E-state index is 0. The molecule has 4 aliphatic rings. The smallest absolute Gasteiger partial charge is 1.00 e. The van der Waals surface area contributed by atoms with Crippen molar-refractivity contribution in [3.63, 3.8) is 0 Å². The van der Waals surface area contributed by atoms with E-state index < -0.39 is 0 Å². The van der Waals surface area contributed by atoms with Crippen LogP contribution in [0.2, 0.25) is 0 Å². The third-order valence-corrected chi connectivity index (χ3v) is 4.07. The molecule has 4 aliphatic heterocycles. The third-order valence-electron chi connectivity index (χ3n) is 4.07. The first-order valence-electron chi connectivity index (χ1n) is 8.00. The normalized spacial score (nSPS) is 20.7. The van der Waals surface area contributed by atoms with Gasteiger partial charge in [-0.05, 0) is 25.7 Å². The molecular formula is C14H26Cl2Cu2N6. The predicted molar refractivity (Wildman–Crippen MR) is 82.2 cm³/mol. The molecule has 10 heteroatoms. The summed E-state index contributed by atoms with van der Waals surface area (Å²) >= 11 is 0. The number of aliphatic imine (C=N–C) groups is 2. The topological polar surface area (TPSA) is 55.3 Å². The molecule has 2 fully saturated rings. The molecule has 24 heavy (non-hydrogen) atoms. The van der Waals surface area contributed by atoms with Crippen molar-refractivity contribution in [3.05, 3.63) is 0 Å². The Labute approximate surface area is 178 Å². The van der Waals surface area contributed by atoms with Crippen LogP contribution in [-0.4, -0.2) is 74.1 Å². The molecule has 4 rings (SSSR count). The summed E-state index contributed by atoms with van der Waals surface area (Å²) in [4.78, 5) is 13.4. The fraction of sp³-hybridized carbons (Fsp3) is 0.857. The van der Waals surface area contributed by atoms with E-state index in [0.29, 0.717) is 0 Å². The van der Waals surface area contributed by atoms with E-state index in [9.17, 15) is 0 Å². The maximum atomic E-state index is 4.38. The van der Waals surface area contributed by atoms with Crippen LogP contribution in [0.4, 0.5) is 0 Å². The van der Waals surface area contributed by atoms with Gasteiger partial charge in [0.15, 0.2) is 11.9 Å². The number of nitrogens with zero attached hydrogens (tertiary/aromatic N) is 4. The largest absolute Gasteiger partial charge is 1.00 e. The van der Waals surface area contributed by atoms with Gasteiger partial charge < -0.3 is 45.2 Å². The fourth-order valence-corrected chi connectivity index (χ4v) is 3.02. The van der Waals surface area contributed by atoms with E-state index in [1.54, 1.807) is 0 Å². The minimum Gasteiger partial charge on any atom is -1.00 e. The number of nitrogens with one attached hydrogen (secondary N) is 2. The summed E-state index contributed by atoms with van der Waals surface area (Å²) in [6.07, 6.45) is 4.98. The molecule has 0 aromatic carbocycles. The van der Waals surface area contributed by atoms with Gasteiger partial charge in [-0.2, -0.15) is 0 Å². The van der Waals surface area contributed by atoms with Gasteiger partial charge in [-0.25, -0.2) is 0 Å². The van der Waals surface area contributed by atoms with E-state index in [1.807, 2.05) is 0 Å². The molecule has 0 radical (unpaired) electrons. The molecule has 148 valence electrons. The first kappa shape index (κ1) is 26.4. The van der Waals surface area contributed by atoms with Crippen LogP contribution in [0.5, 0.6) is 0 Å². The SMILES string of the molecule is C1CN=C2NCCCN2C1.C1CN=C2NCCCN2C1.[Cl-].[Cl-].[Cu+].[Cu+]. The van der Waals surface area contributed by atoms with Gasteiger partial charge in [0.2, 0.25) is 0 Å². The number of hydrogen-bond acceptors (Lipinski definition) is 6. The van der Waals surface area contributed by atoms with Crippen molar-refractivity contribution in [1.29, 1.82) is 0 Å². The third kappa shape index (κ3) is 7.59. The number of fused-ring (bicyclic) bond motifs is 2. The Morgan fingerprint density at radius 3 is 1.38 bits per heavy atom. The molecule has 0 unspecified atom stereocenters. The van der Waals surface area contributed by atoms with Crippen molar-refractivity contribution in [1.82, 2.24) is 20.4 Å². The maximum Gasteiger partial charge on any atom is 1.00 e. The van der Waals surface area contributed by atoms with Gasteiger partial charge >= 0.3 is 34.1 Å². The van der Waals surface area contributed by atoms with E-state index in [-0.39, 0.29) is 59.0 Å². The first-order chi connectivity index (χ1) is 9.93. The van der Waals surface area contributed by atoms with Gasteiger partial charge in [0.25, 0.3) is 0 Å². The van der Waals surface area contributed by atoms with Crippen molar-refractivity contribution in [2.75, 3.05) is 52.4 Å². The van der Waals surface area contributed by atoms with Gasteiger partial charge in [0.1, 0.15) is 0 Å². The number of hydrogen-bond donors (Lipinski definition) is 2. The molecule has 0 aromatic rings. The Kier molecular flexibility index (Phi) is 15.8. The zero-order valence-corrected chi connectivity index (χ0v) is 17.0. The molecule has 0 aliphatic carbocycles. The standard InChI is InChI=1S/2C7H13N3.2ClH.2Cu/c2*1-3-8-7-9-4-2-6-10(7)5-1;;;;/h2*1-6H2,(H,8,9);2*1H;;/q;;;;2*+1/p-2. The molecule has 0 spiro atoms. The monoisotopic (exact) mass is 474 g/mol. The second-order valence-corrected chi connectivity index (χ2v) is 5.65. The van der Waals surface area contributed by atoms with Gasteiger partial charge in [-0.1, -0.05) is 0 Å². The van der Waals surface area contributed by atoms with Crippen molar-refractivity contribution in [2.45, 2.75) is 25.7 Å². The van der Waals surface area contributed by atoms with Crippen LogP contribution in [-0.2, 0) is 34.1 Å². The Bertz CT molecular complexity index is 361. The Morgan fingerprint density at radius 1 is 0.625 bits per heavy atom. The molecule has 6 nitrogen and oxygen atoms in total. The Morgan fingerprint density at radius 2 is 1.00 bits per heavy atom. The summed E-state index contributed by atoms with van der Waals surface area (Å²) in [5.74, 6) is 2.27. The number of halogens is 2. The summed E-state index contributed by atoms with van der Waals surface area (Å²) in [7, 11) is 0. The average molecular weight is 476 g/mol. The van der Waals surface area contributed by atoms with Gasteiger partial charge in [-0.15, -0.1) is 0 Å². The second-order valence-electron chi connectivity index (χ2n) is 5.65. The molecule has 0 saturated carbocycles. The molecule has 0 amide bonds. The summed E-state index contributed by atoms with van der Waals surface area (Å²) in [6, 6.07) is 0. The van der Waals surface area contributed by atoms with Gasteiger partial charge in [0.05, 0.1) is 0 Å². The van der Waals surface area contributed by atoms with E-state index >= 15 is 0 Å². The van der Waals surface area contributed by atoms with E-state index in [4.69, 9.17) is 0 Å². The fourth-order valence-electron chi connectivity index (χ4n) is 3.02. The number of guanidine groups is 2. The first-order valence-corrected chi connectivity index (χ1v) is 8.00. The maximum absolute atomic E-state index is 4.38. The summed E-state index contributed by atoms with van der Waals surface area (Å²) in [5, 5.41) is 6.59. The molecule has 0 atom stereocenters. The predicted octanol–water partition coefficient (Wildman–Crippen LogP) is -5.91. The van der Waals surface area contributed by atoms with Gasteiger partial charge in [0, 0.05) is 52.4 Å². The van der Waals surface area contributed by atoms with Gasteiger partial charge in [-0.3, -0.25) is 9.98 Å². The van der Waals surface area contributed by atoms with E-state index in [1.165, 1.54) is 51.9 Å². The molecule has 0 bridgehead atoms. The quantitative estimate of drug-likeness (QED) is 0.342. The molecule has 2 N–H and O–H groups in total. The summed E-state index contributed by atoms with van der Waals surface area (Å²) in [5.41, 5.74) is 0. The number of rotatable bonds is 0. The van der Waals surface area contributed by atoms with Crippen molar-refractivity contribution in [2.24, 2.45) is 9.98 Å². The van der Waals surface area contributed by atoms with Crippen LogP contribution in [0.3, 0.4) is 0 Å². The van der Waals surface area contributed by atoms with Crippen LogP contribution < -0.4 is 35.4 Å². The zero-order chi connectivity index (χ0) is 13.6.